The normalized spacial score (nSPS) is 14.4. The number of methoxy groups -OCH3 is 1. The SMILES string of the molecule is COCC(C)(N)c1noc(-c2ccc(Cl)c(Cl)c2)n1. The molecule has 0 aliphatic heterocycles. The zero-order valence-electron chi connectivity index (χ0n) is 10.5. The highest BCUT2D eigenvalue weighted by molar-refractivity contribution is 6.42. The van der Waals surface area contributed by atoms with Gasteiger partial charge in [0.25, 0.3) is 5.89 Å². The van der Waals surface area contributed by atoms with Crippen molar-refractivity contribution in [2.75, 3.05) is 13.7 Å². The Balaban J connectivity index is 2.33. The maximum atomic E-state index is 6.04. The van der Waals surface area contributed by atoms with Gasteiger partial charge in [-0.25, -0.2) is 0 Å². The number of benzene rings is 1. The number of halogens is 2. The van der Waals surface area contributed by atoms with E-state index in [1.54, 1.807) is 32.2 Å². The van der Waals surface area contributed by atoms with Crippen molar-refractivity contribution in [1.29, 1.82) is 0 Å². The molecule has 0 radical (unpaired) electrons. The third-order valence-corrected chi connectivity index (χ3v) is 3.29. The molecule has 2 aromatic rings. The molecule has 0 aliphatic carbocycles. The number of aromatic nitrogens is 2. The van der Waals surface area contributed by atoms with Crippen molar-refractivity contribution < 1.29 is 9.26 Å². The lowest BCUT2D eigenvalue weighted by Gasteiger charge is -2.18. The van der Waals surface area contributed by atoms with Gasteiger partial charge in [0.05, 0.1) is 16.7 Å². The molecule has 0 fully saturated rings. The number of rotatable bonds is 4. The first-order chi connectivity index (χ1) is 8.94. The summed E-state index contributed by atoms with van der Waals surface area (Å²) in [5, 5.41) is 4.76. The van der Waals surface area contributed by atoms with Crippen LogP contribution in [0.5, 0.6) is 0 Å². The molecular weight excluding hydrogens is 289 g/mol. The summed E-state index contributed by atoms with van der Waals surface area (Å²) in [6.45, 7) is 2.05. The molecule has 102 valence electrons. The minimum absolute atomic E-state index is 0.285. The van der Waals surface area contributed by atoms with Crippen LogP contribution in [-0.4, -0.2) is 23.9 Å². The summed E-state index contributed by atoms with van der Waals surface area (Å²) in [5.41, 5.74) is 5.91. The predicted molar refractivity (Wildman–Crippen MR) is 73.2 cm³/mol. The summed E-state index contributed by atoms with van der Waals surface area (Å²) >= 11 is 11.8. The highest BCUT2D eigenvalue weighted by Gasteiger charge is 2.27. The maximum Gasteiger partial charge on any atom is 0.258 e. The van der Waals surface area contributed by atoms with Crippen LogP contribution in [0.15, 0.2) is 22.7 Å². The van der Waals surface area contributed by atoms with E-state index in [1.807, 2.05) is 0 Å². The molecular formula is C12H13Cl2N3O2. The van der Waals surface area contributed by atoms with Gasteiger partial charge >= 0.3 is 0 Å². The van der Waals surface area contributed by atoms with E-state index in [0.717, 1.165) is 0 Å². The Morgan fingerprint density at radius 1 is 1.37 bits per heavy atom. The van der Waals surface area contributed by atoms with Gasteiger partial charge in [0.1, 0.15) is 5.54 Å². The van der Waals surface area contributed by atoms with Crippen molar-refractivity contribution in [3.8, 4) is 11.5 Å². The first-order valence-corrected chi connectivity index (χ1v) is 6.27. The summed E-state index contributed by atoms with van der Waals surface area (Å²) < 4.78 is 10.2. The van der Waals surface area contributed by atoms with E-state index < -0.39 is 5.54 Å². The van der Waals surface area contributed by atoms with Crippen LogP contribution < -0.4 is 5.73 Å². The van der Waals surface area contributed by atoms with Crippen molar-refractivity contribution in [2.45, 2.75) is 12.5 Å². The third-order valence-electron chi connectivity index (χ3n) is 2.55. The van der Waals surface area contributed by atoms with Crippen molar-refractivity contribution in [1.82, 2.24) is 10.1 Å². The van der Waals surface area contributed by atoms with Crippen LogP contribution in [0.2, 0.25) is 10.0 Å². The van der Waals surface area contributed by atoms with Crippen LogP contribution in [-0.2, 0) is 10.3 Å². The number of nitrogens with two attached hydrogens (primary N) is 1. The molecule has 1 unspecified atom stereocenters. The number of ether oxygens (including phenoxy) is 1. The molecule has 0 bridgehead atoms. The molecule has 0 saturated heterocycles. The summed E-state index contributed by atoms with van der Waals surface area (Å²) in [4.78, 5) is 4.26. The van der Waals surface area contributed by atoms with E-state index >= 15 is 0 Å². The smallest absolute Gasteiger partial charge is 0.258 e. The van der Waals surface area contributed by atoms with Crippen molar-refractivity contribution in [3.63, 3.8) is 0 Å². The predicted octanol–water partition coefficient (Wildman–Crippen LogP) is 2.86. The molecule has 0 saturated carbocycles. The average molecular weight is 302 g/mol. The van der Waals surface area contributed by atoms with Gasteiger partial charge in [-0.05, 0) is 25.1 Å². The molecule has 0 aliphatic rings. The van der Waals surface area contributed by atoms with Gasteiger partial charge in [-0.2, -0.15) is 4.98 Å². The molecule has 1 aromatic carbocycles. The van der Waals surface area contributed by atoms with Gasteiger partial charge < -0.3 is 15.0 Å². The van der Waals surface area contributed by atoms with E-state index in [0.29, 0.717) is 27.3 Å². The van der Waals surface area contributed by atoms with E-state index in [4.69, 9.17) is 38.2 Å². The highest BCUT2D eigenvalue weighted by atomic mass is 35.5. The van der Waals surface area contributed by atoms with E-state index in [1.165, 1.54) is 0 Å². The van der Waals surface area contributed by atoms with Gasteiger partial charge in [0, 0.05) is 12.7 Å². The topological polar surface area (TPSA) is 74.2 Å². The van der Waals surface area contributed by atoms with Crippen LogP contribution in [0.4, 0.5) is 0 Å². The summed E-state index contributed by atoms with van der Waals surface area (Å²) in [5.74, 6) is 0.705. The van der Waals surface area contributed by atoms with E-state index in [-0.39, 0.29) is 6.61 Å². The zero-order valence-corrected chi connectivity index (χ0v) is 12.0. The Morgan fingerprint density at radius 3 is 2.74 bits per heavy atom. The lowest BCUT2D eigenvalue weighted by molar-refractivity contribution is 0.135. The Bertz CT molecular complexity index is 584. The van der Waals surface area contributed by atoms with Gasteiger partial charge in [0.15, 0.2) is 5.82 Å². The molecule has 7 heteroatoms. The Kier molecular flexibility index (Phi) is 4.10. The average Bonchev–Trinajstić information content (AvgIpc) is 2.83. The highest BCUT2D eigenvalue weighted by Crippen LogP contribution is 2.28. The molecule has 2 N–H and O–H groups in total. The Hall–Kier alpha value is -1.14. The second-order valence-electron chi connectivity index (χ2n) is 4.40. The first kappa shape index (κ1) is 14.3. The molecule has 0 spiro atoms. The van der Waals surface area contributed by atoms with Gasteiger partial charge in [-0.15, -0.1) is 0 Å². The Labute approximate surface area is 120 Å². The maximum absolute atomic E-state index is 6.04. The van der Waals surface area contributed by atoms with E-state index in [9.17, 15) is 0 Å². The molecule has 5 nitrogen and oxygen atoms in total. The summed E-state index contributed by atoms with van der Waals surface area (Å²) in [6, 6.07) is 5.07. The molecule has 19 heavy (non-hydrogen) atoms. The van der Waals surface area contributed by atoms with Crippen molar-refractivity contribution >= 4 is 23.2 Å². The van der Waals surface area contributed by atoms with Crippen molar-refractivity contribution in [3.05, 3.63) is 34.1 Å². The number of hydrogen-bond acceptors (Lipinski definition) is 5. The fraction of sp³-hybridized carbons (Fsp3) is 0.333. The monoisotopic (exact) mass is 301 g/mol. The van der Waals surface area contributed by atoms with E-state index in [2.05, 4.69) is 10.1 Å². The number of hydrogen-bond donors (Lipinski definition) is 1. The largest absolute Gasteiger partial charge is 0.382 e. The quantitative estimate of drug-likeness (QED) is 0.940. The Morgan fingerprint density at radius 2 is 2.11 bits per heavy atom. The van der Waals surface area contributed by atoms with Crippen LogP contribution in [0.1, 0.15) is 12.7 Å². The molecule has 1 atom stereocenters. The zero-order chi connectivity index (χ0) is 14.0. The third kappa shape index (κ3) is 3.06. The van der Waals surface area contributed by atoms with Crippen LogP contribution >= 0.6 is 23.2 Å². The van der Waals surface area contributed by atoms with Crippen LogP contribution in [0, 0.1) is 0 Å². The van der Waals surface area contributed by atoms with Gasteiger partial charge in [-0.3, -0.25) is 0 Å². The van der Waals surface area contributed by atoms with Gasteiger partial charge in [0.2, 0.25) is 0 Å². The second kappa shape index (κ2) is 5.46. The molecule has 1 heterocycles. The lowest BCUT2D eigenvalue weighted by atomic mass is 10.1. The summed E-state index contributed by atoms with van der Waals surface area (Å²) in [6.07, 6.45) is 0. The fourth-order valence-electron chi connectivity index (χ4n) is 1.57. The minimum Gasteiger partial charge on any atom is -0.382 e. The summed E-state index contributed by atoms with van der Waals surface area (Å²) in [7, 11) is 1.56. The van der Waals surface area contributed by atoms with Gasteiger partial charge in [-0.1, -0.05) is 28.4 Å². The molecule has 2 rings (SSSR count). The number of nitrogens with zero attached hydrogens (tertiary/aromatic N) is 2. The fourth-order valence-corrected chi connectivity index (χ4v) is 1.86. The molecule has 1 aromatic heterocycles. The minimum atomic E-state index is -0.813. The van der Waals surface area contributed by atoms with Crippen LogP contribution in [0.3, 0.4) is 0 Å². The second-order valence-corrected chi connectivity index (χ2v) is 5.22. The van der Waals surface area contributed by atoms with Crippen molar-refractivity contribution in [2.24, 2.45) is 5.73 Å². The standard InChI is InChI=1S/C12H13Cl2N3O2/c1-12(15,6-18-2)11-16-10(19-17-11)7-3-4-8(13)9(14)5-7/h3-5H,6,15H2,1-2H3. The van der Waals surface area contributed by atoms with Crippen LogP contribution in [0.25, 0.3) is 11.5 Å². The molecule has 0 amide bonds. The first-order valence-electron chi connectivity index (χ1n) is 5.51. The lowest BCUT2D eigenvalue weighted by Crippen LogP contribution is -2.38.